The van der Waals surface area contributed by atoms with Crippen LogP contribution in [0.15, 0.2) is 24.3 Å². The second-order valence-electron chi connectivity index (χ2n) is 5.68. The second-order valence-corrected chi connectivity index (χ2v) is 5.68. The maximum absolute atomic E-state index is 12.6. The topological polar surface area (TPSA) is 56.3 Å². The van der Waals surface area contributed by atoms with E-state index in [1.807, 2.05) is 38.1 Å². The van der Waals surface area contributed by atoms with Crippen molar-refractivity contribution >= 4 is 22.7 Å². The summed E-state index contributed by atoms with van der Waals surface area (Å²) in [7, 11) is 0. The van der Waals surface area contributed by atoms with E-state index in [-0.39, 0.29) is 5.78 Å². The van der Waals surface area contributed by atoms with Crippen LogP contribution in [0.4, 0.5) is 0 Å². The summed E-state index contributed by atoms with van der Waals surface area (Å²) in [4.78, 5) is 29.0. The summed E-state index contributed by atoms with van der Waals surface area (Å²) < 4.78 is 5.48. The molecule has 1 aliphatic carbocycles. The molecule has 22 heavy (non-hydrogen) atoms. The van der Waals surface area contributed by atoms with Crippen molar-refractivity contribution in [2.45, 2.75) is 45.6 Å². The maximum Gasteiger partial charge on any atom is 0.339 e. The highest BCUT2D eigenvalue weighted by molar-refractivity contribution is 6.05. The van der Waals surface area contributed by atoms with Gasteiger partial charge in [0, 0.05) is 17.5 Å². The maximum atomic E-state index is 12.6. The number of aromatic nitrogens is 1. The Morgan fingerprint density at radius 2 is 2.14 bits per heavy atom. The van der Waals surface area contributed by atoms with Gasteiger partial charge in [-0.2, -0.15) is 0 Å². The molecule has 2 aromatic rings. The molecule has 0 saturated heterocycles. The van der Waals surface area contributed by atoms with Crippen LogP contribution in [0.2, 0.25) is 0 Å². The number of para-hydroxylation sites is 1. The van der Waals surface area contributed by atoms with E-state index in [1.165, 1.54) is 0 Å². The average molecular weight is 297 g/mol. The van der Waals surface area contributed by atoms with Gasteiger partial charge in [0.15, 0.2) is 11.9 Å². The molecule has 1 heterocycles. The minimum absolute atomic E-state index is 0.0279. The third-order valence-corrected chi connectivity index (χ3v) is 4.27. The predicted octanol–water partition coefficient (Wildman–Crippen LogP) is 3.38. The first-order valence-corrected chi connectivity index (χ1v) is 7.73. The first-order valence-electron chi connectivity index (χ1n) is 7.73. The van der Waals surface area contributed by atoms with Crippen LogP contribution in [0, 0.1) is 6.92 Å². The van der Waals surface area contributed by atoms with Crippen molar-refractivity contribution < 1.29 is 14.3 Å². The van der Waals surface area contributed by atoms with E-state index in [0.29, 0.717) is 18.4 Å². The normalized spacial score (nSPS) is 17.9. The number of esters is 1. The molecule has 3 rings (SSSR count). The molecule has 114 valence electrons. The van der Waals surface area contributed by atoms with Gasteiger partial charge in [-0.15, -0.1) is 0 Å². The van der Waals surface area contributed by atoms with Crippen molar-refractivity contribution in [2.75, 3.05) is 0 Å². The lowest BCUT2D eigenvalue weighted by atomic mass is 10.0. The summed E-state index contributed by atoms with van der Waals surface area (Å²) in [5, 5.41) is 0.785. The molecular formula is C18H19NO3. The Hall–Kier alpha value is -2.23. The highest BCUT2D eigenvalue weighted by Gasteiger charge is 2.29. The Bertz CT molecular complexity index is 751. The predicted molar refractivity (Wildman–Crippen MR) is 83.9 cm³/mol. The van der Waals surface area contributed by atoms with E-state index in [2.05, 4.69) is 4.98 Å². The minimum atomic E-state index is -0.580. The third-order valence-electron chi connectivity index (χ3n) is 4.27. The average Bonchev–Trinajstić information content (AvgIpc) is 2.91. The Balaban J connectivity index is 2.06. The lowest BCUT2D eigenvalue weighted by Gasteiger charge is -2.15. The van der Waals surface area contributed by atoms with Gasteiger partial charge in [0.25, 0.3) is 0 Å². The number of carbonyl (C=O) groups excluding carboxylic acids is 2. The molecular weight excluding hydrogens is 278 g/mol. The van der Waals surface area contributed by atoms with Gasteiger partial charge >= 0.3 is 5.97 Å². The molecule has 0 bridgehead atoms. The van der Waals surface area contributed by atoms with Gasteiger partial charge in [-0.3, -0.25) is 9.78 Å². The monoisotopic (exact) mass is 297 g/mol. The Kier molecular flexibility index (Phi) is 3.92. The van der Waals surface area contributed by atoms with Crippen molar-refractivity contribution in [3.63, 3.8) is 0 Å². The van der Waals surface area contributed by atoms with E-state index in [4.69, 9.17) is 4.74 Å². The molecule has 4 nitrogen and oxygen atoms in total. The van der Waals surface area contributed by atoms with E-state index in [0.717, 1.165) is 35.0 Å². The first kappa shape index (κ1) is 14.7. The molecule has 0 N–H and O–H groups in total. The van der Waals surface area contributed by atoms with Crippen LogP contribution in [0.25, 0.3) is 10.9 Å². The molecule has 4 heteroatoms. The molecule has 0 amide bonds. The summed E-state index contributed by atoms with van der Waals surface area (Å²) in [6.45, 7) is 3.91. The fourth-order valence-electron chi connectivity index (χ4n) is 3.06. The Labute approximate surface area is 129 Å². The number of aryl methyl sites for hydroxylation is 1. The molecule has 1 fully saturated rings. The van der Waals surface area contributed by atoms with E-state index >= 15 is 0 Å². The van der Waals surface area contributed by atoms with Gasteiger partial charge in [-0.1, -0.05) is 25.1 Å². The van der Waals surface area contributed by atoms with Gasteiger partial charge in [0.05, 0.1) is 11.1 Å². The van der Waals surface area contributed by atoms with Crippen molar-refractivity contribution in [2.24, 2.45) is 0 Å². The lowest BCUT2D eigenvalue weighted by Crippen LogP contribution is -2.23. The van der Waals surface area contributed by atoms with Crippen molar-refractivity contribution in [1.82, 2.24) is 4.98 Å². The number of benzene rings is 1. The van der Waals surface area contributed by atoms with Gasteiger partial charge in [-0.25, -0.2) is 4.79 Å². The molecule has 0 aliphatic heterocycles. The largest absolute Gasteiger partial charge is 0.451 e. The van der Waals surface area contributed by atoms with Crippen molar-refractivity contribution in [3.05, 3.63) is 41.1 Å². The molecule has 1 aromatic heterocycles. The van der Waals surface area contributed by atoms with Gasteiger partial charge < -0.3 is 4.74 Å². The van der Waals surface area contributed by atoms with E-state index < -0.39 is 12.1 Å². The number of hydrogen-bond acceptors (Lipinski definition) is 4. The first-order chi connectivity index (χ1) is 10.6. The van der Waals surface area contributed by atoms with Crippen LogP contribution in [0.5, 0.6) is 0 Å². The highest BCUT2D eigenvalue weighted by Crippen LogP contribution is 2.26. The molecule has 1 aromatic carbocycles. The highest BCUT2D eigenvalue weighted by atomic mass is 16.5. The van der Waals surface area contributed by atoms with Crippen molar-refractivity contribution in [3.8, 4) is 0 Å². The molecule has 0 radical (unpaired) electrons. The molecule has 1 aliphatic rings. The SMILES string of the molecule is CCc1nc2ccccc2c(C(=O)O[C@@H]2CCCC2=O)c1C. The number of nitrogens with zero attached hydrogens (tertiary/aromatic N) is 1. The zero-order chi connectivity index (χ0) is 15.7. The lowest BCUT2D eigenvalue weighted by molar-refractivity contribution is -0.124. The molecule has 1 atom stereocenters. The Morgan fingerprint density at radius 3 is 2.82 bits per heavy atom. The van der Waals surface area contributed by atoms with Crippen LogP contribution < -0.4 is 0 Å². The molecule has 1 saturated carbocycles. The summed E-state index contributed by atoms with van der Waals surface area (Å²) >= 11 is 0. The fourth-order valence-corrected chi connectivity index (χ4v) is 3.06. The molecule has 0 spiro atoms. The second kappa shape index (κ2) is 5.87. The van der Waals surface area contributed by atoms with E-state index in [9.17, 15) is 9.59 Å². The summed E-state index contributed by atoms with van der Waals surface area (Å²) in [5.41, 5.74) is 3.07. The summed E-state index contributed by atoms with van der Waals surface area (Å²) in [5.74, 6) is -0.383. The van der Waals surface area contributed by atoms with Crippen LogP contribution in [-0.2, 0) is 16.0 Å². The van der Waals surface area contributed by atoms with Crippen LogP contribution in [0.1, 0.15) is 47.8 Å². The van der Waals surface area contributed by atoms with Crippen molar-refractivity contribution in [1.29, 1.82) is 0 Å². The van der Waals surface area contributed by atoms with Gasteiger partial charge in [-0.05, 0) is 37.8 Å². The number of ether oxygens (including phenoxy) is 1. The number of fused-ring (bicyclic) bond motifs is 1. The van der Waals surface area contributed by atoms with Crippen LogP contribution in [-0.4, -0.2) is 22.8 Å². The van der Waals surface area contributed by atoms with Gasteiger partial charge in [0.2, 0.25) is 0 Å². The van der Waals surface area contributed by atoms with Crippen LogP contribution >= 0.6 is 0 Å². The fraction of sp³-hybridized carbons (Fsp3) is 0.389. The number of pyridine rings is 1. The number of ketones is 1. The minimum Gasteiger partial charge on any atom is -0.451 e. The number of rotatable bonds is 3. The quantitative estimate of drug-likeness (QED) is 0.815. The summed E-state index contributed by atoms with van der Waals surface area (Å²) in [6.07, 6.45) is 2.11. The smallest absolute Gasteiger partial charge is 0.339 e. The number of carbonyl (C=O) groups is 2. The number of hydrogen-bond donors (Lipinski definition) is 0. The summed E-state index contributed by atoms with van der Waals surface area (Å²) in [6, 6.07) is 7.56. The molecule has 0 unspecified atom stereocenters. The third kappa shape index (κ3) is 2.49. The zero-order valence-corrected chi connectivity index (χ0v) is 12.9. The van der Waals surface area contributed by atoms with Crippen LogP contribution in [0.3, 0.4) is 0 Å². The zero-order valence-electron chi connectivity index (χ0n) is 12.9. The van der Waals surface area contributed by atoms with Gasteiger partial charge in [0.1, 0.15) is 0 Å². The Morgan fingerprint density at radius 1 is 1.36 bits per heavy atom. The number of Topliss-reactive ketones (excluding diaryl/α,β-unsaturated/α-hetero) is 1. The standard InChI is InChI=1S/C18H19NO3/c1-3-13-11(2)17(12-7-4-5-8-14(12)19-13)18(21)22-16-10-6-9-15(16)20/h4-5,7-8,16H,3,6,9-10H2,1-2H3/t16-/m1/s1. The van der Waals surface area contributed by atoms with E-state index in [1.54, 1.807) is 0 Å².